The highest BCUT2D eigenvalue weighted by atomic mass is 32.2. The van der Waals surface area contributed by atoms with Crippen molar-refractivity contribution in [1.82, 2.24) is 10.2 Å². The first kappa shape index (κ1) is 11.2. The number of benzene rings is 1. The highest BCUT2D eigenvalue weighted by molar-refractivity contribution is 7.98. The fourth-order valence-electron chi connectivity index (χ4n) is 1.44. The Balaban J connectivity index is 1.64. The molecule has 0 bridgehead atoms. The number of ether oxygens (including phenoxy) is 2. The molecule has 1 aliphatic heterocycles. The quantitative estimate of drug-likeness (QED) is 0.789. The topological polar surface area (TPSA) is 57.4 Å². The molecule has 1 aliphatic rings. The van der Waals surface area contributed by atoms with Crippen molar-refractivity contribution in [2.45, 2.75) is 11.0 Å². The Morgan fingerprint density at radius 1 is 1.17 bits per heavy atom. The molecule has 2 heterocycles. The Bertz CT molecular complexity index is 553. The monoisotopic (exact) mass is 262 g/mol. The lowest BCUT2D eigenvalue weighted by atomic mass is 10.2. The maximum Gasteiger partial charge on any atom is 0.287 e. The Morgan fingerprint density at radius 3 is 2.83 bits per heavy atom. The summed E-state index contributed by atoms with van der Waals surface area (Å²) in [7, 11) is 0. The van der Waals surface area contributed by atoms with Gasteiger partial charge in [-0.15, -0.1) is 10.2 Å². The van der Waals surface area contributed by atoms with Gasteiger partial charge in [-0.2, -0.15) is 0 Å². The van der Waals surface area contributed by atoms with E-state index in [9.17, 15) is 0 Å². The SMILES string of the molecule is C1=C(c2nnc(SCc3ccccc3)o2)OCO1. The fourth-order valence-corrected chi connectivity index (χ4v) is 2.16. The molecule has 18 heavy (non-hydrogen) atoms. The van der Waals surface area contributed by atoms with Gasteiger partial charge < -0.3 is 13.9 Å². The van der Waals surface area contributed by atoms with Crippen LogP contribution in [0.5, 0.6) is 0 Å². The molecule has 6 heteroatoms. The normalized spacial score (nSPS) is 13.9. The summed E-state index contributed by atoms with van der Waals surface area (Å²) in [6, 6.07) is 10.1. The number of thioether (sulfide) groups is 1. The van der Waals surface area contributed by atoms with Crippen LogP contribution < -0.4 is 0 Å². The van der Waals surface area contributed by atoms with Crippen LogP contribution in [-0.2, 0) is 15.2 Å². The average molecular weight is 262 g/mol. The smallest absolute Gasteiger partial charge is 0.287 e. The van der Waals surface area contributed by atoms with Crippen molar-refractivity contribution in [3.05, 3.63) is 48.0 Å². The van der Waals surface area contributed by atoms with E-state index in [1.54, 1.807) is 0 Å². The summed E-state index contributed by atoms with van der Waals surface area (Å²) in [5.74, 6) is 1.62. The molecule has 1 aromatic heterocycles. The summed E-state index contributed by atoms with van der Waals surface area (Å²) in [4.78, 5) is 0. The van der Waals surface area contributed by atoms with Gasteiger partial charge in [0.25, 0.3) is 11.1 Å². The van der Waals surface area contributed by atoms with E-state index in [2.05, 4.69) is 22.3 Å². The molecule has 0 amide bonds. The Kier molecular flexibility index (Phi) is 3.18. The van der Waals surface area contributed by atoms with Gasteiger partial charge in [-0.05, 0) is 5.56 Å². The minimum Gasteiger partial charge on any atom is -0.461 e. The van der Waals surface area contributed by atoms with E-state index in [0.717, 1.165) is 5.75 Å². The van der Waals surface area contributed by atoms with E-state index in [4.69, 9.17) is 13.9 Å². The molecule has 0 spiro atoms. The number of rotatable bonds is 4. The fraction of sp³-hybridized carbons (Fsp3) is 0.167. The summed E-state index contributed by atoms with van der Waals surface area (Å²) in [5, 5.41) is 8.36. The molecule has 5 nitrogen and oxygen atoms in total. The maximum atomic E-state index is 5.46. The van der Waals surface area contributed by atoms with Gasteiger partial charge in [-0.1, -0.05) is 42.1 Å². The molecule has 0 aliphatic carbocycles. The molecule has 0 N–H and O–H groups in total. The molecule has 0 radical (unpaired) electrons. The Hall–Kier alpha value is -1.95. The van der Waals surface area contributed by atoms with Crippen LogP contribution in [0, 0.1) is 0 Å². The molecule has 0 saturated heterocycles. The zero-order valence-corrected chi connectivity index (χ0v) is 10.2. The largest absolute Gasteiger partial charge is 0.461 e. The maximum absolute atomic E-state index is 5.46. The van der Waals surface area contributed by atoms with Crippen molar-refractivity contribution in [3.63, 3.8) is 0 Å². The van der Waals surface area contributed by atoms with E-state index in [1.165, 1.54) is 23.6 Å². The van der Waals surface area contributed by atoms with Gasteiger partial charge in [-0.25, -0.2) is 0 Å². The van der Waals surface area contributed by atoms with Gasteiger partial charge in [0.05, 0.1) is 0 Å². The molecule has 2 aromatic rings. The van der Waals surface area contributed by atoms with E-state index in [1.807, 2.05) is 18.2 Å². The third-order valence-corrected chi connectivity index (χ3v) is 3.18. The zero-order valence-electron chi connectivity index (χ0n) is 9.41. The van der Waals surface area contributed by atoms with Crippen molar-refractivity contribution in [1.29, 1.82) is 0 Å². The van der Waals surface area contributed by atoms with Gasteiger partial charge in [0.1, 0.15) is 6.26 Å². The van der Waals surface area contributed by atoms with Crippen LogP contribution in [0.1, 0.15) is 11.5 Å². The van der Waals surface area contributed by atoms with Crippen LogP contribution in [0.4, 0.5) is 0 Å². The van der Waals surface area contributed by atoms with Crippen LogP contribution in [0.3, 0.4) is 0 Å². The van der Waals surface area contributed by atoms with Crippen LogP contribution in [0.15, 0.2) is 46.2 Å². The van der Waals surface area contributed by atoms with Crippen molar-refractivity contribution < 1.29 is 13.9 Å². The van der Waals surface area contributed by atoms with Gasteiger partial charge in [0, 0.05) is 5.75 Å². The summed E-state index contributed by atoms with van der Waals surface area (Å²) in [6.07, 6.45) is 1.47. The van der Waals surface area contributed by atoms with Crippen LogP contribution in [0.2, 0.25) is 0 Å². The standard InChI is InChI=1S/C12H10N2O3S/c1-2-4-9(5-3-1)7-18-12-14-13-11(17-12)10-6-15-8-16-10/h1-6H,7-8H2. The van der Waals surface area contributed by atoms with E-state index in [0.29, 0.717) is 16.9 Å². The van der Waals surface area contributed by atoms with Gasteiger partial charge in [0.15, 0.2) is 0 Å². The molecular formula is C12H10N2O3S. The van der Waals surface area contributed by atoms with E-state index < -0.39 is 0 Å². The van der Waals surface area contributed by atoms with E-state index in [-0.39, 0.29) is 6.79 Å². The van der Waals surface area contributed by atoms with Crippen LogP contribution >= 0.6 is 11.8 Å². The predicted molar refractivity (Wildman–Crippen MR) is 65.3 cm³/mol. The van der Waals surface area contributed by atoms with E-state index >= 15 is 0 Å². The lowest BCUT2D eigenvalue weighted by Gasteiger charge is -1.96. The molecule has 1 aromatic carbocycles. The molecule has 0 fully saturated rings. The highest BCUT2D eigenvalue weighted by Crippen LogP contribution is 2.25. The molecule has 0 atom stereocenters. The second-order valence-electron chi connectivity index (χ2n) is 3.56. The van der Waals surface area contributed by atoms with Crippen molar-refractivity contribution >= 4 is 17.5 Å². The molecule has 0 unspecified atom stereocenters. The minimum absolute atomic E-state index is 0.199. The van der Waals surface area contributed by atoms with Gasteiger partial charge in [0.2, 0.25) is 12.6 Å². The summed E-state index contributed by atoms with van der Waals surface area (Å²) >= 11 is 1.49. The first-order valence-corrected chi connectivity index (χ1v) is 6.35. The van der Waals surface area contributed by atoms with Crippen LogP contribution in [0.25, 0.3) is 5.76 Å². The number of hydrogen-bond donors (Lipinski definition) is 0. The molecular weight excluding hydrogens is 252 g/mol. The van der Waals surface area contributed by atoms with Gasteiger partial charge >= 0.3 is 0 Å². The number of nitrogens with zero attached hydrogens (tertiary/aromatic N) is 2. The average Bonchev–Trinajstić information content (AvgIpc) is 3.08. The minimum atomic E-state index is 0.199. The number of hydrogen-bond acceptors (Lipinski definition) is 6. The molecule has 92 valence electrons. The lowest BCUT2D eigenvalue weighted by molar-refractivity contribution is 0.0984. The Morgan fingerprint density at radius 2 is 2.06 bits per heavy atom. The summed E-state index contributed by atoms with van der Waals surface area (Å²) < 4.78 is 15.5. The van der Waals surface area contributed by atoms with Crippen molar-refractivity contribution in [2.75, 3.05) is 6.79 Å². The summed E-state index contributed by atoms with van der Waals surface area (Å²) in [6.45, 7) is 0.199. The predicted octanol–water partition coefficient (Wildman–Crippen LogP) is 2.66. The Labute approximate surface area is 108 Å². The van der Waals surface area contributed by atoms with Crippen molar-refractivity contribution in [2.24, 2.45) is 0 Å². The third kappa shape index (κ3) is 2.48. The summed E-state index contributed by atoms with van der Waals surface area (Å²) in [5.41, 5.74) is 1.21. The molecule has 3 rings (SSSR count). The zero-order chi connectivity index (χ0) is 12.2. The second-order valence-corrected chi connectivity index (χ2v) is 4.48. The highest BCUT2D eigenvalue weighted by Gasteiger charge is 2.17. The van der Waals surface area contributed by atoms with Crippen LogP contribution in [-0.4, -0.2) is 17.0 Å². The first-order valence-electron chi connectivity index (χ1n) is 5.37. The molecule has 0 saturated carbocycles. The lowest BCUT2D eigenvalue weighted by Crippen LogP contribution is -1.85. The first-order chi connectivity index (χ1) is 8.92. The second kappa shape index (κ2) is 5.14. The number of aromatic nitrogens is 2. The van der Waals surface area contributed by atoms with Gasteiger partial charge in [-0.3, -0.25) is 0 Å². The third-order valence-electron chi connectivity index (χ3n) is 2.30. The van der Waals surface area contributed by atoms with Crippen molar-refractivity contribution in [3.8, 4) is 0 Å².